The van der Waals surface area contributed by atoms with Crippen molar-refractivity contribution in [1.29, 1.82) is 0 Å². The molecule has 124 heavy (non-hydrogen) atoms. The molecule has 0 radical (unpaired) electrons. The molecular weight excluding hydrogens is 1760 g/mol. The summed E-state index contributed by atoms with van der Waals surface area (Å²) in [5.41, 5.74) is 27.2. The highest BCUT2D eigenvalue weighted by molar-refractivity contribution is 8.93. The van der Waals surface area contributed by atoms with Crippen LogP contribution in [0.5, 0.6) is 0 Å². The van der Waals surface area contributed by atoms with Crippen LogP contribution in [0.25, 0.3) is 31.9 Å². The van der Waals surface area contributed by atoms with Crippen LogP contribution in [0, 0.1) is 0 Å². The summed E-state index contributed by atoms with van der Waals surface area (Å²) in [6.45, 7) is 59.0. The molecule has 0 heterocycles. The third-order valence-electron chi connectivity index (χ3n) is 31.9. The van der Waals surface area contributed by atoms with Crippen LogP contribution in [0.15, 0.2) is 97.1 Å². The standard InChI is InChI=1S/2C56H97NSi4.2BrH/c2*1-13-31-58(32-14-2,33-15-3)46-25-27-48-49(29-30-54(51(48)43-46)60(37-19-7,38-20-8)39-21-9)56-50-28-26-47(59(34-16-4,35-17-5)36-18-6)44-52(50)55(45-53(56)57)61(40-22-10,41-23-11)42-24-12;;/h2*25-28,30,43-45,49H,13-24,29,31-42,57H2,1-12H3;2*1H/t2*49-;;/m11../s1. The molecule has 0 aromatic heterocycles. The van der Waals surface area contributed by atoms with E-state index in [0.717, 1.165) is 24.2 Å². The number of rotatable bonds is 58. The Kier molecular flexibility index (Phi) is 49.5. The monoisotopic (exact) mass is 1950 g/mol. The van der Waals surface area contributed by atoms with E-state index in [0.29, 0.717) is 11.8 Å². The van der Waals surface area contributed by atoms with Gasteiger partial charge in [-0.2, -0.15) is 0 Å². The Bertz CT molecular complexity index is 3790. The Morgan fingerprint density at radius 1 is 0.218 bits per heavy atom. The number of hydrogen-bond donors (Lipinski definition) is 2. The van der Waals surface area contributed by atoms with Crippen LogP contribution in [0.2, 0.25) is 145 Å². The lowest BCUT2D eigenvalue weighted by atomic mass is 9.79. The molecule has 2 aliphatic carbocycles. The Morgan fingerprint density at radius 3 is 0.613 bits per heavy atom. The van der Waals surface area contributed by atoms with Gasteiger partial charge in [-0.25, -0.2) is 0 Å². The largest absolute Gasteiger partial charge is 0.398 e. The number of hydrogen-bond acceptors (Lipinski definition) is 2. The summed E-state index contributed by atoms with van der Waals surface area (Å²) in [6, 6.07) is 72.1. The van der Waals surface area contributed by atoms with E-state index in [-0.39, 0.29) is 34.0 Å². The van der Waals surface area contributed by atoms with Gasteiger partial charge in [-0.3, -0.25) is 0 Å². The Morgan fingerprint density at radius 2 is 0.403 bits per heavy atom. The van der Waals surface area contributed by atoms with Crippen LogP contribution in [-0.2, 0) is 0 Å². The molecule has 0 amide bonds. The Balaban J connectivity index is 0.000000433. The Hall–Kier alpha value is -2.38. The van der Waals surface area contributed by atoms with Gasteiger partial charge >= 0.3 is 0 Å². The first-order valence-electron chi connectivity index (χ1n) is 53.5. The molecule has 6 aromatic carbocycles. The summed E-state index contributed by atoms with van der Waals surface area (Å²) < 4.78 is 0. The zero-order valence-electron chi connectivity index (χ0n) is 85.7. The predicted octanol–water partition coefficient (Wildman–Crippen LogP) is 35.6. The molecule has 0 unspecified atom stereocenters. The van der Waals surface area contributed by atoms with Crippen LogP contribution >= 0.6 is 34.0 Å². The Labute approximate surface area is 798 Å². The highest BCUT2D eigenvalue weighted by Gasteiger charge is 2.47. The number of benzene rings is 6. The molecule has 4 N–H and O–H groups in total. The van der Waals surface area contributed by atoms with Gasteiger partial charge in [0.05, 0.1) is 64.6 Å². The number of nitrogen functional groups attached to an aromatic ring is 2. The molecule has 2 atom stereocenters. The van der Waals surface area contributed by atoms with Gasteiger partial charge in [0.2, 0.25) is 0 Å². The molecule has 12 heteroatoms. The smallest absolute Gasteiger partial charge is 0.0876 e. The second kappa shape index (κ2) is 54.7. The van der Waals surface area contributed by atoms with Crippen molar-refractivity contribution in [3.05, 3.63) is 130 Å². The third kappa shape index (κ3) is 25.0. The number of fused-ring (bicyclic) bond motifs is 4. The van der Waals surface area contributed by atoms with Gasteiger partial charge in [-0.1, -0.05) is 581 Å². The van der Waals surface area contributed by atoms with Crippen LogP contribution in [0.4, 0.5) is 11.4 Å². The third-order valence-corrected chi connectivity index (χ3v) is 79.4. The van der Waals surface area contributed by atoms with Crippen molar-refractivity contribution < 1.29 is 0 Å². The minimum Gasteiger partial charge on any atom is -0.398 e. The van der Waals surface area contributed by atoms with E-state index < -0.39 is 64.6 Å². The molecule has 0 bridgehead atoms. The minimum absolute atomic E-state index is 0. The molecule has 8 rings (SSSR count). The van der Waals surface area contributed by atoms with Crippen LogP contribution in [-0.4, -0.2) is 64.6 Å². The van der Waals surface area contributed by atoms with E-state index >= 15 is 0 Å². The van der Waals surface area contributed by atoms with E-state index in [1.807, 2.05) is 10.4 Å². The first kappa shape index (κ1) is 112. The molecule has 0 fully saturated rings. The van der Waals surface area contributed by atoms with E-state index in [2.05, 4.69) is 263 Å². The summed E-state index contributed by atoms with van der Waals surface area (Å²) in [6.07, 6.45) is 39.1. The summed E-state index contributed by atoms with van der Waals surface area (Å²) >= 11 is 0. The zero-order valence-corrected chi connectivity index (χ0v) is 97.1. The van der Waals surface area contributed by atoms with Crippen molar-refractivity contribution in [2.24, 2.45) is 0 Å². The molecular formula is C112H196Br2N2Si8. The molecule has 6 aromatic rings. The summed E-state index contributed by atoms with van der Waals surface area (Å²) in [7, 11) is -13.8. The maximum absolute atomic E-state index is 7.73. The number of halogens is 2. The molecule has 0 aliphatic heterocycles. The summed E-state index contributed by atoms with van der Waals surface area (Å²) in [4.78, 5) is 0. The van der Waals surface area contributed by atoms with Crippen molar-refractivity contribution >= 4 is 173 Å². The lowest BCUT2D eigenvalue weighted by Gasteiger charge is -2.41. The fourth-order valence-corrected chi connectivity index (χ4v) is 72.8. The molecule has 0 spiro atoms. The highest BCUT2D eigenvalue weighted by atomic mass is 79.9. The van der Waals surface area contributed by atoms with Crippen LogP contribution < -0.4 is 42.6 Å². The summed E-state index contributed by atoms with van der Waals surface area (Å²) in [5.74, 6) is 0.602. The number of nitrogens with two attached hydrogens (primary N) is 2. The van der Waals surface area contributed by atoms with Crippen molar-refractivity contribution in [3.63, 3.8) is 0 Å². The molecule has 0 saturated heterocycles. The molecule has 700 valence electrons. The molecule has 2 aliphatic rings. The highest BCUT2D eigenvalue weighted by Crippen LogP contribution is 2.53. The van der Waals surface area contributed by atoms with Gasteiger partial charge in [0.15, 0.2) is 0 Å². The minimum atomic E-state index is -1.83. The van der Waals surface area contributed by atoms with Crippen molar-refractivity contribution in [2.45, 2.75) is 490 Å². The molecule has 2 nitrogen and oxygen atoms in total. The van der Waals surface area contributed by atoms with Crippen molar-refractivity contribution in [1.82, 2.24) is 0 Å². The average Bonchev–Trinajstić information content (AvgIpc) is 0.722. The van der Waals surface area contributed by atoms with Crippen LogP contribution in [0.1, 0.15) is 378 Å². The normalized spacial score (nSPS) is 14.8. The van der Waals surface area contributed by atoms with Gasteiger partial charge in [-0.15, -0.1) is 34.0 Å². The van der Waals surface area contributed by atoms with E-state index in [4.69, 9.17) is 11.5 Å². The number of allylic oxidation sites excluding steroid dienone is 2. The zero-order chi connectivity index (χ0) is 89.4. The van der Waals surface area contributed by atoms with Gasteiger partial charge < -0.3 is 11.5 Å². The SMILES string of the molecule is Br.Br.CCC[Si](CCC)(CCC)C1=CC[C@@H](c2c(N)cc([Si](CCC)(CCC)CCC)c3cc([Si](CCC)(CCC)CCC)ccc23)c2ccc([Si](CCC)(CCC)CCC)cc21.CCC[Si](CCC)(CCC)C1=CC[C@@H](c2c(N)cc([Si](CCC)(CCC)CCC)c3cc([Si](CCC)(CCC)CCC)ccc23)c2ccc([Si](CCC)(CCC)CCC)cc21. The molecule has 0 saturated carbocycles. The van der Waals surface area contributed by atoms with E-state index in [1.54, 1.807) is 64.1 Å². The first-order valence-corrected chi connectivity index (χ1v) is 74.5. The quantitative estimate of drug-likeness (QED) is 0.0295. The van der Waals surface area contributed by atoms with Crippen LogP contribution in [0.3, 0.4) is 0 Å². The van der Waals surface area contributed by atoms with Gasteiger partial charge in [0.25, 0.3) is 0 Å². The fourth-order valence-electron chi connectivity index (χ4n) is 28.4. The maximum Gasteiger partial charge on any atom is 0.0876 e. The van der Waals surface area contributed by atoms with Gasteiger partial charge in [-0.05, 0) is 90.3 Å². The van der Waals surface area contributed by atoms with E-state index in [9.17, 15) is 0 Å². The van der Waals surface area contributed by atoms with Crippen molar-refractivity contribution in [2.75, 3.05) is 11.5 Å². The first-order chi connectivity index (χ1) is 59.1. The van der Waals surface area contributed by atoms with E-state index in [1.165, 1.54) is 321 Å². The maximum atomic E-state index is 7.73. The summed E-state index contributed by atoms with van der Waals surface area (Å²) in [5, 5.41) is 20.5. The van der Waals surface area contributed by atoms with Gasteiger partial charge in [0, 0.05) is 23.2 Å². The number of anilines is 2. The average molecular weight is 1960 g/mol. The second-order valence-corrected chi connectivity index (χ2v) is 78.0. The lowest BCUT2D eigenvalue weighted by Crippen LogP contribution is -2.50. The van der Waals surface area contributed by atoms with Crippen molar-refractivity contribution in [3.8, 4) is 0 Å². The fraction of sp³-hybridized carbons (Fsp3) is 0.679. The second-order valence-electron chi connectivity index (χ2n) is 41.0. The lowest BCUT2D eigenvalue weighted by molar-refractivity contribution is 0.824. The van der Waals surface area contributed by atoms with Gasteiger partial charge in [0.1, 0.15) is 0 Å². The topological polar surface area (TPSA) is 52.0 Å². The predicted molar refractivity (Wildman–Crippen MR) is 605 cm³/mol.